The molecule has 6 heteroatoms. The van der Waals surface area contributed by atoms with Gasteiger partial charge in [0.15, 0.2) is 0 Å². The molecule has 0 aliphatic rings. The van der Waals surface area contributed by atoms with Gasteiger partial charge in [0, 0.05) is 35.0 Å². The van der Waals surface area contributed by atoms with Gasteiger partial charge in [-0.3, -0.25) is 4.68 Å². The first kappa shape index (κ1) is 15.1. The smallest absolute Gasteiger partial charge is 0.132 e. The molecule has 0 amide bonds. The third kappa shape index (κ3) is 3.24. The third-order valence-electron chi connectivity index (χ3n) is 3.35. The van der Waals surface area contributed by atoms with Crippen molar-refractivity contribution in [1.29, 1.82) is 0 Å². The second-order valence-corrected chi connectivity index (χ2v) is 5.52. The summed E-state index contributed by atoms with van der Waals surface area (Å²) in [6, 6.07) is 4.10. The zero-order valence-corrected chi connectivity index (χ0v) is 12.9. The lowest BCUT2D eigenvalue weighted by atomic mass is 10.00. The average Bonchev–Trinajstić information content (AvgIpc) is 2.78. The lowest BCUT2D eigenvalue weighted by Crippen LogP contribution is -2.20. The molecule has 0 aliphatic heterocycles. The zero-order chi connectivity index (χ0) is 14.7. The summed E-state index contributed by atoms with van der Waals surface area (Å²) in [4.78, 5) is 0. The Hall–Kier alpha value is -1.27. The number of hydrogen-bond donors (Lipinski definition) is 1. The Labute approximate surface area is 125 Å². The van der Waals surface area contributed by atoms with E-state index in [1.54, 1.807) is 17.9 Å². The summed E-state index contributed by atoms with van der Waals surface area (Å²) in [6.07, 6.45) is 2.99. The van der Waals surface area contributed by atoms with Crippen molar-refractivity contribution in [2.24, 2.45) is 7.05 Å². The lowest BCUT2D eigenvalue weighted by molar-refractivity contribution is 0.466. The average molecular weight is 344 g/mol. The quantitative estimate of drug-likeness (QED) is 0.902. The molecule has 108 valence electrons. The van der Waals surface area contributed by atoms with E-state index in [4.69, 9.17) is 0 Å². The van der Waals surface area contributed by atoms with Gasteiger partial charge in [-0.05, 0) is 38.1 Å². The molecule has 0 fully saturated rings. The Balaban J connectivity index is 2.18. The van der Waals surface area contributed by atoms with Crippen molar-refractivity contribution >= 4 is 15.9 Å². The zero-order valence-electron chi connectivity index (χ0n) is 11.3. The van der Waals surface area contributed by atoms with E-state index in [1.807, 2.05) is 13.1 Å². The molecule has 1 aromatic heterocycles. The maximum Gasteiger partial charge on any atom is 0.132 e. The summed E-state index contributed by atoms with van der Waals surface area (Å²) >= 11 is 3.09. The van der Waals surface area contributed by atoms with E-state index in [2.05, 4.69) is 26.3 Å². The summed E-state index contributed by atoms with van der Waals surface area (Å²) in [7, 11) is 3.55. The van der Waals surface area contributed by atoms with Gasteiger partial charge >= 0.3 is 0 Å². The summed E-state index contributed by atoms with van der Waals surface area (Å²) < 4.78 is 30.1. The molecule has 1 atom stereocenters. The van der Waals surface area contributed by atoms with Gasteiger partial charge in [-0.25, -0.2) is 8.78 Å². The van der Waals surface area contributed by atoms with Crippen molar-refractivity contribution in [2.75, 3.05) is 7.05 Å². The molecule has 1 unspecified atom stereocenters. The maximum atomic E-state index is 14.0. The highest BCUT2D eigenvalue weighted by molar-refractivity contribution is 9.10. The van der Waals surface area contributed by atoms with Crippen LogP contribution in [0, 0.1) is 11.6 Å². The molecule has 0 radical (unpaired) electrons. The Morgan fingerprint density at radius 3 is 2.50 bits per heavy atom. The minimum atomic E-state index is -0.541. The molecule has 1 heterocycles. The molecular weight excluding hydrogens is 328 g/mol. The van der Waals surface area contributed by atoms with Gasteiger partial charge in [-0.1, -0.05) is 15.9 Å². The lowest BCUT2D eigenvalue weighted by Gasteiger charge is -2.18. The van der Waals surface area contributed by atoms with Crippen LogP contribution in [0.1, 0.15) is 23.7 Å². The fourth-order valence-electron chi connectivity index (χ4n) is 2.26. The predicted molar refractivity (Wildman–Crippen MR) is 77.4 cm³/mol. The van der Waals surface area contributed by atoms with E-state index in [-0.39, 0.29) is 11.6 Å². The van der Waals surface area contributed by atoms with E-state index in [0.29, 0.717) is 17.3 Å². The summed E-state index contributed by atoms with van der Waals surface area (Å²) in [6.45, 7) is 0. The minimum Gasteiger partial charge on any atom is -0.313 e. The first-order valence-electron chi connectivity index (χ1n) is 6.31. The third-order valence-corrected chi connectivity index (χ3v) is 3.81. The van der Waals surface area contributed by atoms with Crippen LogP contribution in [0.5, 0.6) is 0 Å². The van der Waals surface area contributed by atoms with Crippen molar-refractivity contribution in [1.82, 2.24) is 15.1 Å². The van der Waals surface area contributed by atoms with Gasteiger partial charge < -0.3 is 5.32 Å². The molecule has 0 saturated carbocycles. The Bertz CT molecular complexity index is 575. The monoisotopic (exact) mass is 343 g/mol. The molecule has 1 N–H and O–H groups in total. The molecule has 2 rings (SSSR count). The number of rotatable bonds is 5. The predicted octanol–water partition coefficient (Wildman–Crippen LogP) is 3.35. The van der Waals surface area contributed by atoms with Crippen LogP contribution in [0.2, 0.25) is 0 Å². The highest BCUT2D eigenvalue weighted by Crippen LogP contribution is 2.27. The molecule has 2 aromatic rings. The molecule has 20 heavy (non-hydrogen) atoms. The summed E-state index contributed by atoms with van der Waals surface area (Å²) in [5, 5.41) is 7.06. The van der Waals surface area contributed by atoms with Gasteiger partial charge in [0.05, 0.1) is 0 Å². The van der Waals surface area contributed by atoms with Crippen LogP contribution >= 0.6 is 15.9 Å². The molecule has 0 bridgehead atoms. The van der Waals surface area contributed by atoms with E-state index in [1.165, 1.54) is 12.1 Å². The highest BCUT2D eigenvalue weighted by atomic mass is 79.9. The van der Waals surface area contributed by atoms with Crippen LogP contribution in [-0.4, -0.2) is 16.8 Å². The molecule has 0 spiro atoms. The van der Waals surface area contributed by atoms with Gasteiger partial charge in [-0.2, -0.15) is 5.10 Å². The second kappa shape index (κ2) is 6.45. The number of halogens is 3. The van der Waals surface area contributed by atoms with E-state index in [0.717, 1.165) is 5.69 Å². The van der Waals surface area contributed by atoms with Crippen LogP contribution in [-0.2, 0) is 13.5 Å². The van der Waals surface area contributed by atoms with Crippen LogP contribution in [0.25, 0.3) is 0 Å². The number of aromatic nitrogens is 2. The number of hydrogen-bond acceptors (Lipinski definition) is 2. The van der Waals surface area contributed by atoms with Crippen LogP contribution < -0.4 is 5.32 Å². The number of aryl methyl sites for hydroxylation is 2. The number of nitrogens with one attached hydrogen (secondary N) is 1. The fraction of sp³-hybridized carbons (Fsp3) is 0.357. The number of nitrogens with zero attached hydrogens (tertiary/aromatic N) is 2. The second-order valence-electron chi connectivity index (χ2n) is 4.61. The van der Waals surface area contributed by atoms with Crippen molar-refractivity contribution in [3.63, 3.8) is 0 Å². The van der Waals surface area contributed by atoms with Crippen molar-refractivity contribution in [3.05, 3.63) is 51.8 Å². The standard InChI is InChI=1S/C14H16BrF2N3/c1-18-13(4-3-10-5-6-19-20(10)2)14-11(16)7-9(15)8-12(14)17/h5-8,13,18H,3-4H2,1-2H3. The largest absolute Gasteiger partial charge is 0.313 e. The Morgan fingerprint density at radius 2 is 2.00 bits per heavy atom. The van der Waals surface area contributed by atoms with Crippen molar-refractivity contribution < 1.29 is 8.78 Å². The molecular formula is C14H16BrF2N3. The minimum absolute atomic E-state index is 0.0814. The van der Waals surface area contributed by atoms with E-state index in [9.17, 15) is 8.78 Å². The molecule has 3 nitrogen and oxygen atoms in total. The fourth-order valence-corrected chi connectivity index (χ4v) is 2.66. The summed E-state index contributed by atoms with van der Waals surface area (Å²) in [5.41, 5.74) is 1.11. The van der Waals surface area contributed by atoms with Gasteiger partial charge in [0.1, 0.15) is 11.6 Å². The van der Waals surface area contributed by atoms with Crippen molar-refractivity contribution in [2.45, 2.75) is 18.9 Å². The van der Waals surface area contributed by atoms with Gasteiger partial charge in [0.25, 0.3) is 0 Å². The Morgan fingerprint density at radius 1 is 1.35 bits per heavy atom. The maximum absolute atomic E-state index is 14.0. The summed E-state index contributed by atoms with van der Waals surface area (Å²) in [5.74, 6) is -1.08. The van der Waals surface area contributed by atoms with E-state index < -0.39 is 11.6 Å². The molecule has 1 aromatic carbocycles. The van der Waals surface area contributed by atoms with Crippen LogP contribution in [0.15, 0.2) is 28.9 Å². The first-order valence-corrected chi connectivity index (χ1v) is 7.10. The van der Waals surface area contributed by atoms with E-state index >= 15 is 0 Å². The molecule has 0 saturated heterocycles. The highest BCUT2D eigenvalue weighted by Gasteiger charge is 2.20. The van der Waals surface area contributed by atoms with Crippen LogP contribution in [0.3, 0.4) is 0 Å². The first-order chi connectivity index (χ1) is 9.52. The van der Waals surface area contributed by atoms with Gasteiger partial charge in [0.2, 0.25) is 0 Å². The number of benzene rings is 1. The van der Waals surface area contributed by atoms with Gasteiger partial charge in [-0.15, -0.1) is 0 Å². The topological polar surface area (TPSA) is 29.9 Å². The SMILES string of the molecule is CNC(CCc1ccnn1C)c1c(F)cc(Br)cc1F. The Kier molecular flexibility index (Phi) is 4.88. The normalized spacial score (nSPS) is 12.7. The molecule has 0 aliphatic carbocycles. The van der Waals surface area contributed by atoms with Crippen LogP contribution in [0.4, 0.5) is 8.78 Å². The van der Waals surface area contributed by atoms with Crippen molar-refractivity contribution in [3.8, 4) is 0 Å².